The molecular weight excluding hydrogens is 542 g/mol. The molecule has 1 fully saturated rings. The Kier molecular flexibility index (Phi) is 7.27. The molecule has 2 aromatic heterocycles. The lowest BCUT2D eigenvalue weighted by molar-refractivity contribution is -0.384. The molecule has 0 atom stereocenters. The van der Waals surface area contributed by atoms with Crippen molar-refractivity contribution in [1.29, 1.82) is 0 Å². The zero-order valence-electron chi connectivity index (χ0n) is 19.2. The molecule has 1 amide bonds. The molecule has 4 aromatic rings. The number of halogens is 3. The van der Waals surface area contributed by atoms with Crippen molar-refractivity contribution in [2.45, 2.75) is 25.2 Å². The van der Waals surface area contributed by atoms with Crippen LogP contribution in [0.15, 0.2) is 47.2 Å². The summed E-state index contributed by atoms with van der Waals surface area (Å²) in [6, 6.07) is 7.98. The number of carbonyl (C=O) groups excluding carboxylic acids is 1. The second kappa shape index (κ2) is 10.6. The SMILES string of the molecule is O=C(Cc1csc(-c2ccc(F)cc2F)n1)N1CCC(c2nc(-c3ccc(Cl)c([N+](=O)[O-])c3)cs2)CC1. The molecule has 190 valence electrons. The van der Waals surface area contributed by atoms with E-state index in [4.69, 9.17) is 16.6 Å². The first-order chi connectivity index (χ1) is 17.8. The average molecular weight is 561 g/mol. The van der Waals surface area contributed by atoms with Gasteiger partial charge in [-0.2, -0.15) is 0 Å². The van der Waals surface area contributed by atoms with Gasteiger partial charge in [-0.25, -0.2) is 18.7 Å². The van der Waals surface area contributed by atoms with Crippen LogP contribution in [0.1, 0.15) is 29.5 Å². The van der Waals surface area contributed by atoms with Gasteiger partial charge in [0.25, 0.3) is 5.69 Å². The van der Waals surface area contributed by atoms with Gasteiger partial charge in [-0.05, 0) is 31.0 Å². The standard InChI is InChI=1S/C25H19ClF2N4O3S2/c26-19-4-1-15(9-22(19)32(34)35)21-13-37-24(30-21)14-5-7-31(8-6-14)23(33)11-17-12-36-25(29-17)18-3-2-16(27)10-20(18)28/h1-4,9-10,12-14H,5-8,11H2. The highest BCUT2D eigenvalue weighted by Crippen LogP contribution is 2.35. The van der Waals surface area contributed by atoms with Crippen molar-refractivity contribution in [3.8, 4) is 21.8 Å². The molecule has 0 bridgehead atoms. The Morgan fingerprint density at radius 1 is 1.11 bits per heavy atom. The van der Waals surface area contributed by atoms with Crippen molar-refractivity contribution in [1.82, 2.24) is 14.9 Å². The summed E-state index contributed by atoms with van der Waals surface area (Å²) in [7, 11) is 0. The number of aromatic nitrogens is 2. The summed E-state index contributed by atoms with van der Waals surface area (Å²) in [6.07, 6.45) is 1.62. The highest BCUT2D eigenvalue weighted by molar-refractivity contribution is 7.13. The molecule has 2 aromatic carbocycles. The Morgan fingerprint density at radius 2 is 1.89 bits per heavy atom. The second-order valence-electron chi connectivity index (χ2n) is 8.59. The molecule has 7 nitrogen and oxygen atoms in total. The van der Waals surface area contributed by atoms with Crippen LogP contribution < -0.4 is 0 Å². The van der Waals surface area contributed by atoms with Crippen molar-refractivity contribution in [3.63, 3.8) is 0 Å². The number of piperidine rings is 1. The number of rotatable bonds is 6. The zero-order chi connectivity index (χ0) is 26.1. The van der Waals surface area contributed by atoms with E-state index in [1.54, 1.807) is 16.3 Å². The van der Waals surface area contributed by atoms with Crippen LogP contribution in [0.3, 0.4) is 0 Å². The predicted octanol–water partition coefficient (Wildman–Crippen LogP) is 6.72. The van der Waals surface area contributed by atoms with E-state index in [0.717, 1.165) is 23.9 Å². The number of nitro benzene ring substituents is 1. The van der Waals surface area contributed by atoms with Crippen molar-refractivity contribution >= 4 is 45.9 Å². The van der Waals surface area contributed by atoms with E-state index in [1.165, 1.54) is 46.9 Å². The first-order valence-corrected chi connectivity index (χ1v) is 13.5. The summed E-state index contributed by atoms with van der Waals surface area (Å²) in [4.78, 5) is 34.4. The highest BCUT2D eigenvalue weighted by atomic mass is 35.5. The van der Waals surface area contributed by atoms with Gasteiger partial charge in [-0.15, -0.1) is 22.7 Å². The monoisotopic (exact) mass is 560 g/mol. The number of hydrogen-bond donors (Lipinski definition) is 0. The Balaban J connectivity index is 1.19. The second-order valence-corrected chi connectivity index (χ2v) is 10.7. The molecule has 12 heteroatoms. The van der Waals surface area contributed by atoms with E-state index in [2.05, 4.69) is 4.98 Å². The van der Waals surface area contributed by atoms with Gasteiger partial charge in [0, 0.05) is 53.0 Å². The van der Waals surface area contributed by atoms with E-state index >= 15 is 0 Å². The molecule has 0 N–H and O–H groups in total. The molecule has 1 aliphatic rings. The number of likely N-dealkylation sites (tertiary alicyclic amines) is 1. The summed E-state index contributed by atoms with van der Waals surface area (Å²) in [5.41, 5.74) is 1.90. The summed E-state index contributed by atoms with van der Waals surface area (Å²) in [5, 5.41) is 16.2. The third kappa shape index (κ3) is 5.53. The maximum atomic E-state index is 14.1. The van der Waals surface area contributed by atoms with Gasteiger partial charge in [-0.3, -0.25) is 14.9 Å². The third-order valence-electron chi connectivity index (χ3n) is 6.20. The van der Waals surface area contributed by atoms with Crippen molar-refractivity contribution in [2.24, 2.45) is 0 Å². The largest absolute Gasteiger partial charge is 0.342 e. The fraction of sp³-hybridized carbons (Fsp3) is 0.240. The van der Waals surface area contributed by atoms with Gasteiger partial charge in [0.1, 0.15) is 21.7 Å². The Hall–Kier alpha value is -3.28. The Morgan fingerprint density at radius 3 is 2.62 bits per heavy atom. The van der Waals surface area contributed by atoms with E-state index in [0.29, 0.717) is 35.0 Å². The molecule has 0 unspecified atom stereocenters. The number of hydrogen-bond acceptors (Lipinski definition) is 7. The first kappa shape index (κ1) is 25.4. The van der Waals surface area contributed by atoms with Crippen molar-refractivity contribution in [2.75, 3.05) is 13.1 Å². The van der Waals surface area contributed by atoms with Crippen LogP contribution in [0, 0.1) is 21.7 Å². The fourth-order valence-corrected chi connectivity index (χ4v) is 6.27. The van der Waals surface area contributed by atoms with Crippen LogP contribution in [-0.2, 0) is 11.2 Å². The Labute approximate surface area is 223 Å². The van der Waals surface area contributed by atoms with Crippen LogP contribution in [0.5, 0.6) is 0 Å². The van der Waals surface area contributed by atoms with Gasteiger partial charge < -0.3 is 4.90 Å². The summed E-state index contributed by atoms with van der Waals surface area (Å²) >= 11 is 8.63. The fourth-order valence-electron chi connectivity index (χ4n) is 4.24. The normalized spacial score (nSPS) is 14.2. The topological polar surface area (TPSA) is 89.2 Å². The first-order valence-electron chi connectivity index (χ1n) is 11.4. The smallest absolute Gasteiger partial charge is 0.288 e. The minimum atomic E-state index is -0.686. The molecule has 3 heterocycles. The number of amides is 1. The summed E-state index contributed by atoms with van der Waals surface area (Å²) in [6.45, 7) is 1.16. The molecule has 0 saturated carbocycles. The molecule has 0 aliphatic carbocycles. The highest BCUT2D eigenvalue weighted by Gasteiger charge is 2.27. The van der Waals surface area contributed by atoms with Crippen LogP contribution in [0.2, 0.25) is 5.02 Å². The van der Waals surface area contributed by atoms with Crippen LogP contribution in [0.25, 0.3) is 21.8 Å². The molecule has 1 aliphatic heterocycles. The number of nitro groups is 1. The van der Waals surface area contributed by atoms with Gasteiger partial charge >= 0.3 is 0 Å². The van der Waals surface area contributed by atoms with Gasteiger partial charge in [0.15, 0.2) is 0 Å². The van der Waals surface area contributed by atoms with Gasteiger partial charge in [-0.1, -0.05) is 17.7 Å². The van der Waals surface area contributed by atoms with E-state index < -0.39 is 16.6 Å². The number of carbonyl (C=O) groups is 1. The summed E-state index contributed by atoms with van der Waals surface area (Å²) < 4.78 is 27.2. The average Bonchev–Trinajstić information content (AvgIpc) is 3.55. The van der Waals surface area contributed by atoms with Crippen molar-refractivity contribution in [3.05, 3.63) is 84.6 Å². The minimum Gasteiger partial charge on any atom is -0.342 e. The summed E-state index contributed by atoms with van der Waals surface area (Å²) in [5.74, 6) is -1.20. The molecule has 1 saturated heterocycles. The molecule has 37 heavy (non-hydrogen) atoms. The zero-order valence-corrected chi connectivity index (χ0v) is 21.6. The minimum absolute atomic E-state index is 0.0526. The number of nitrogens with zero attached hydrogens (tertiary/aromatic N) is 4. The van der Waals surface area contributed by atoms with E-state index in [1.807, 2.05) is 5.38 Å². The molecule has 0 radical (unpaired) electrons. The number of benzene rings is 2. The third-order valence-corrected chi connectivity index (χ3v) is 8.45. The van der Waals surface area contributed by atoms with Crippen LogP contribution in [0.4, 0.5) is 14.5 Å². The predicted molar refractivity (Wildman–Crippen MR) is 139 cm³/mol. The van der Waals surface area contributed by atoms with Crippen molar-refractivity contribution < 1.29 is 18.5 Å². The van der Waals surface area contributed by atoms with Gasteiger partial charge in [0.05, 0.1) is 27.7 Å². The maximum absolute atomic E-state index is 14.1. The lowest BCUT2D eigenvalue weighted by Crippen LogP contribution is -2.38. The quantitative estimate of drug-likeness (QED) is 0.193. The van der Waals surface area contributed by atoms with Gasteiger partial charge in [0.2, 0.25) is 5.91 Å². The molecule has 0 spiro atoms. The maximum Gasteiger partial charge on any atom is 0.288 e. The molecule has 5 rings (SSSR count). The van der Waals surface area contributed by atoms with E-state index in [9.17, 15) is 23.7 Å². The lowest BCUT2D eigenvalue weighted by Gasteiger charge is -2.31. The number of thiazole rings is 2. The lowest BCUT2D eigenvalue weighted by atomic mass is 9.97. The van der Waals surface area contributed by atoms with E-state index in [-0.39, 0.29) is 34.5 Å². The van der Waals surface area contributed by atoms with Crippen LogP contribution in [-0.4, -0.2) is 38.8 Å². The Bertz CT molecular complexity index is 1480. The van der Waals surface area contributed by atoms with Crippen LogP contribution >= 0.6 is 34.3 Å². The molecular formula is C25H19ClF2N4O3S2.